The van der Waals surface area contributed by atoms with Crippen LogP contribution in [0.1, 0.15) is 56.8 Å². The van der Waals surface area contributed by atoms with Crippen molar-refractivity contribution in [1.29, 1.82) is 0 Å². The smallest absolute Gasteiger partial charge is 0.410 e. The fourth-order valence-corrected chi connectivity index (χ4v) is 5.07. The zero-order valence-corrected chi connectivity index (χ0v) is 22.1. The van der Waals surface area contributed by atoms with Gasteiger partial charge in [0.15, 0.2) is 0 Å². The van der Waals surface area contributed by atoms with E-state index in [-0.39, 0.29) is 24.3 Å². The minimum Gasteiger partial charge on any atom is -0.444 e. The van der Waals surface area contributed by atoms with Crippen LogP contribution in [0.3, 0.4) is 0 Å². The Labute approximate surface area is 218 Å². The van der Waals surface area contributed by atoms with Crippen LogP contribution in [0, 0.1) is 5.92 Å². The van der Waals surface area contributed by atoms with E-state index >= 15 is 0 Å². The number of imide groups is 1. The highest BCUT2D eigenvalue weighted by Crippen LogP contribution is 2.23. The van der Waals surface area contributed by atoms with Crippen molar-refractivity contribution in [3.8, 4) is 0 Å². The third kappa shape index (κ3) is 7.44. The summed E-state index contributed by atoms with van der Waals surface area (Å²) in [5, 5.41) is 4.97. The zero-order valence-electron chi connectivity index (χ0n) is 22.1. The molecule has 3 heterocycles. The lowest BCUT2D eigenvalue weighted by atomic mass is 9.96. The second kappa shape index (κ2) is 11.5. The summed E-state index contributed by atoms with van der Waals surface area (Å²) in [6.07, 6.45) is 2.34. The summed E-state index contributed by atoms with van der Waals surface area (Å²) in [7, 11) is 0. The number of carbonyl (C=O) groups is 4. The van der Waals surface area contributed by atoms with Gasteiger partial charge in [-0.25, -0.2) is 4.79 Å². The van der Waals surface area contributed by atoms with Crippen molar-refractivity contribution in [1.82, 2.24) is 20.4 Å². The number of benzene rings is 1. The van der Waals surface area contributed by atoms with Gasteiger partial charge >= 0.3 is 6.09 Å². The molecule has 10 nitrogen and oxygen atoms in total. The number of anilines is 1. The Morgan fingerprint density at radius 1 is 0.973 bits per heavy atom. The third-order valence-electron chi connectivity index (χ3n) is 7.19. The van der Waals surface area contributed by atoms with E-state index in [1.54, 1.807) is 12.1 Å². The molecule has 4 amide bonds. The zero-order chi connectivity index (χ0) is 26.6. The molecule has 0 unspecified atom stereocenters. The number of nitrogens with one attached hydrogen (secondary N) is 2. The number of piperidine rings is 2. The predicted octanol–water partition coefficient (Wildman–Crippen LogP) is 1.99. The molecule has 0 aliphatic carbocycles. The Bertz CT molecular complexity index is 989. The van der Waals surface area contributed by atoms with E-state index in [1.165, 1.54) is 0 Å². The second-order valence-corrected chi connectivity index (χ2v) is 11.2. The Kier molecular flexibility index (Phi) is 8.36. The largest absolute Gasteiger partial charge is 0.444 e. The number of amides is 4. The predicted molar refractivity (Wildman–Crippen MR) is 139 cm³/mol. The van der Waals surface area contributed by atoms with Crippen molar-refractivity contribution in [2.24, 2.45) is 5.92 Å². The molecule has 1 aromatic rings. The Balaban J connectivity index is 1.19. The molecule has 0 spiro atoms. The van der Waals surface area contributed by atoms with Gasteiger partial charge in [-0.15, -0.1) is 0 Å². The van der Waals surface area contributed by atoms with Gasteiger partial charge in [-0.3, -0.25) is 24.6 Å². The van der Waals surface area contributed by atoms with Crippen molar-refractivity contribution < 1.29 is 23.9 Å². The van der Waals surface area contributed by atoms with Gasteiger partial charge in [0.2, 0.25) is 11.8 Å². The topological polar surface area (TPSA) is 111 Å². The summed E-state index contributed by atoms with van der Waals surface area (Å²) < 4.78 is 5.50. The van der Waals surface area contributed by atoms with Gasteiger partial charge in [0.05, 0.1) is 0 Å². The molecule has 1 aromatic carbocycles. The normalized spacial score (nSPS) is 22.0. The molecule has 4 rings (SSSR count). The fourth-order valence-electron chi connectivity index (χ4n) is 5.07. The Morgan fingerprint density at radius 3 is 2.22 bits per heavy atom. The maximum atomic E-state index is 12.6. The van der Waals surface area contributed by atoms with Crippen LogP contribution >= 0.6 is 0 Å². The molecule has 1 atom stereocenters. The fraction of sp³-hybridized carbons (Fsp3) is 0.630. The molecule has 0 aromatic heterocycles. The Morgan fingerprint density at radius 2 is 1.62 bits per heavy atom. The third-order valence-corrected chi connectivity index (χ3v) is 7.19. The molecule has 0 radical (unpaired) electrons. The van der Waals surface area contributed by atoms with Crippen LogP contribution in [0.15, 0.2) is 24.3 Å². The van der Waals surface area contributed by atoms with E-state index in [1.807, 2.05) is 37.8 Å². The SMILES string of the molecule is CC(C)(C)OC(=O)N1CCC(CN2CCN(c3ccc(C(=O)N[C@H]4CCC(=O)NC4=O)cc3)CC2)CC1. The number of nitrogens with zero attached hydrogens (tertiary/aromatic N) is 3. The number of carbonyl (C=O) groups excluding carboxylic acids is 4. The lowest BCUT2D eigenvalue weighted by molar-refractivity contribution is -0.134. The first-order valence-corrected chi connectivity index (χ1v) is 13.3. The van der Waals surface area contributed by atoms with Crippen LogP contribution in [0.2, 0.25) is 0 Å². The van der Waals surface area contributed by atoms with Crippen molar-refractivity contribution >= 4 is 29.5 Å². The quantitative estimate of drug-likeness (QED) is 0.579. The highest BCUT2D eigenvalue weighted by atomic mass is 16.6. The summed E-state index contributed by atoms with van der Waals surface area (Å²) in [5.41, 5.74) is 1.10. The van der Waals surface area contributed by atoms with Crippen LogP contribution in [-0.2, 0) is 14.3 Å². The molecule has 10 heteroatoms. The molecule has 3 saturated heterocycles. The molecular weight excluding hydrogens is 474 g/mol. The van der Waals surface area contributed by atoms with E-state index < -0.39 is 17.6 Å². The van der Waals surface area contributed by atoms with E-state index in [0.717, 1.165) is 64.3 Å². The Hall–Kier alpha value is -3.14. The minimum absolute atomic E-state index is 0.209. The van der Waals surface area contributed by atoms with Crippen molar-refractivity contribution in [3.05, 3.63) is 29.8 Å². The summed E-state index contributed by atoms with van der Waals surface area (Å²) in [4.78, 5) is 54.7. The average molecular weight is 514 g/mol. The summed E-state index contributed by atoms with van der Waals surface area (Å²) in [6.45, 7) is 12.0. The monoisotopic (exact) mass is 513 g/mol. The van der Waals surface area contributed by atoms with Gasteiger partial charge in [0.1, 0.15) is 11.6 Å². The number of piperazine rings is 1. The molecular formula is C27H39N5O5. The molecule has 3 aliphatic heterocycles. The molecule has 2 N–H and O–H groups in total. The van der Waals surface area contributed by atoms with Crippen LogP contribution in [0.5, 0.6) is 0 Å². The van der Waals surface area contributed by atoms with Crippen molar-refractivity contribution in [2.75, 3.05) is 50.7 Å². The highest BCUT2D eigenvalue weighted by Gasteiger charge is 2.30. The highest BCUT2D eigenvalue weighted by molar-refractivity contribution is 6.03. The first-order chi connectivity index (χ1) is 17.6. The van der Waals surface area contributed by atoms with E-state index in [4.69, 9.17) is 4.74 Å². The standard InChI is InChI=1S/C27H39N5O5/c1-27(2,3)37-26(36)32-12-10-19(11-13-32)18-30-14-16-31(17-15-30)21-6-4-20(5-7-21)24(34)28-22-8-9-23(33)29-25(22)35/h4-7,19,22H,8-18H2,1-3H3,(H,28,34)(H,29,33,35)/t22-/m0/s1. The van der Waals surface area contributed by atoms with Gasteiger partial charge in [0, 0.05) is 63.5 Å². The number of rotatable bonds is 5. The summed E-state index contributed by atoms with van der Waals surface area (Å²) >= 11 is 0. The molecule has 0 saturated carbocycles. The molecule has 202 valence electrons. The van der Waals surface area contributed by atoms with E-state index in [2.05, 4.69) is 20.4 Å². The lowest BCUT2D eigenvalue weighted by Gasteiger charge is -2.39. The number of hydrogen-bond donors (Lipinski definition) is 2. The maximum Gasteiger partial charge on any atom is 0.410 e. The van der Waals surface area contributed by atoms with Crippen LogP contribution in [0.25, 0.3) is 0 Å². The van der Waals surface area contributed by atoms with Crippen molar-refractivity contribution in [2.45, 2.75) is 58.1 Å². The summed E-state index contributed by atoms with van der Waals surface area (Å²) in [5.74, 6) is -0.479. The number of likely N-dealkylation sites (tertiary alicyclic amines) is 1. The lowest BCUT2D eigenvalue weighted by Crippen LogP contribution is -2.52. The summed E-state index contributed by atoms with van der Waals surface area (Å²) in [6, 6.07) is 6.77. The first kappa shape index (κ1) is 26.9. The van der Waals surface area contributed by atoms with E-state index in [9.17, 15) is 19.2 Å². The van der Waals surface area contributed by atoms with E-state index in [0.29, 0.717) is 17.9 Å². The number of hydrogen-bond acceptors (Lipinski definition) is 7. The average Bonchev–Trinajstić information content (AvgIpc) is 2.86. The van der Waals surface area contributed by atoms with Gasteiger partial charge < -0.3 is 19.9 Å². The molecule has 0 bridgehead atoms. The van der Waals surface area contributed by atoms with Crippen LogP contribution in [-0.4, -0.2) is 91.1 Å². The first-order valence-electron chi connectivity index (χ1n) is 13.3. The van der Waals surface area contributed by atoms with Crippen LogP contribution in [0.4, 0.5) is 10.5 Å². The van der Waals surface area contributed by atoms with Crippen molar-refractivity contribution in [3.63, 3.8) is 0 Å². The molecule has 3 aliphatic rings. The molecule has 3 fully saturated rings. The maximum absolute atomic E-state index is 12.6. The van der Waals surface area contributed by atoms with Gasteiger partial charge in [-0.2, -0.15) is 0 Å². The second-order valence-electron chi connectivity index (χ2n) is 11.2. The van der Waals surface area contributed by atoms with Gasteiger partial charge in [-0.1, -0.05) is 0 Å². The number of ether oxygens (including phenoxy) is 1. The van der Waals surface area contributed by atoms with Gasteiger partial charge in [0.25, 0.3) is 5.91 Å². The minimum atomic E-state index is -0.678. The van der Waals surface area contributed by atoms with Crippen LogP contribution < -0.4 is 15.5 Å². The molecule has 37 heavy (non-hydrogen) atoms. The van der Waals surface area contributed by atoms with Gasteiger partial charge in [-0.05, 0) is 70.2 Å².